The van der Waals surface area contributed by atoms with Gasteiger partial charge in [-0.1, -0.05) is 50.3 Å². The largest absolute Gasteiger partial charge is 0.326 e. The Morgan fingerprint density at radius 3 is 2.65 bits per heavy atom. The Balaban J connectivity index is 1.98. The highest BCUT2D eigenvalue weighted by atomic mass is 15.2. The molecule has 0 radical (unpaired) electrons. The van der Waals surface area contributed by atoms with Gasteiger partial charge in [-0.05, 0) is 0 Å². The highest BCUT2D eigenvalue weighted by Crippen LogP contribution is 2.31. The number of nitrogens with zero attached hydrogens (tertiary/aromatic N) is 2. The summed E-state index contributed by atoms with van der Waals surface area (Å²) >= 11 is 0. The van der Waals surface area contributed by atoms with Gasteiger partial charge in [-0.15, -0.1) is 0 Å². The summed E-state index contributed by atoms with van der Waals surface area (Å²) in [5.74, 6) is 1.88. The van der Waals surface area contributed by atoms with E-state index < -0.39 is 0 Å². The molecule has 3 rings (SSSR count). The summed E-state index contributed by atoms with van der Waals surface area (Å²) in [6.45, 7) is 4.36. The number of fused-ring (bicyclic) bond motifs is 1. The van der Waals surface area contributed by atoms with E-state index >= 15 is 0 Å². The van der Waals surface area contributed by atoms with Crippen LogP contribution in [0.25, 0.3) is 0 Å². The van der Waals surface area contributed by atoms with E-state index in [0.717, 1.165) is 17.2 Å². The minimum absolute atomic E-state index is 0.0284. The van der Waals surface area contributed by atoms with Gasteiger partial charge in [-0.25, -0.2) is 4.99 Å². The van der Waals surface area contributed by atoms with Gasteiger partial charge in [-0.3, -0.25) is 4.99 Å². The first-order valence-electron chi connectivity index (χ1n) is 5.82. The summed E-state index contributed by atoms with van der Waals surface area (Å²) < 4.78 is 0. The average molecular weight is 225 g/mol. The summed E-state index contributed by atoms with van der Waals surface area (Å²) in [5.41, 5.74) is 1.14. The molecule has 2 heterocycles. The molecule has 1 atom stereocenters. The molecule has 86 valence electrons. The third-order valence-electron chi connectivity index (χ3n) is 3.23. The Morgan fingerprint density at radius 1 is 1.18 bits per heavy atom. The van der Waals surface area contributed by atoms with Gasteiger partial charge in [-0.2, -0.15) is 0 Å². The second-order valence-corrected chi connectivity index (χ2v) is 5.02. The lowest BCUT2D eigenvalue weighted by atomic mass is 9.83. The Kier molecular flexibility index (Phi) is 2.15. The fourth-order valence-electron chi connectivity index (χ4n) is 2.18. The Morgan fingerprint density at radius 2 is 1.94 bits per heavy atom. The fraction of sp³-hybridized carbons (Fsp3) is 0.286. The van der Waals surface area contributed by atoms with E-state index in [4.69, 9.17) is 4.99 Å². The Hall–Kier alpha value is -1.90. The molecular weight excluding hydrogens is 210 g/mol. The maximum atomic E-state index is 4.76. The van der Waals surface area contributed by atoms with E-state index in [1.165, 1.54) is 0 Å². The van der Waals surface area contributed by atoms with Gasteiger partial charge < -0.3 is 5.32 Å². The molecule has 0 aromatic heterocycles. The van der Waals surface area contributed by atoms with Crippen LogP contribution in [0.5, 0.6) is 0 Å². The molecule has 0 saturated carbocycles. The van der Waals surface area contributed by atoms with Crippen LogP contribution < -0.4 is 5.32 Å². The van der Waals surface area contributed by atoms with E-state index in [-0.39, 0.29) is 11.5 Å². The first-order chi connectivity index (χ1) is 8.17. The molecule has 0 amide bonds. The number of nitrogens with one attached hydrogen (secondary N) is 1. The fourth-order valence-corrected chi connectivity index (χ4v) is 2.18. The van der Waals surface area contributed by atoms with E-state index in [2.05, 4.69) is 42.4 Å². The highest BCUT2D eigenvalue weighted by molar-refractivity contribution is 6.16. The van der Waals surface area contributed by atoms with Crippen molar-refractivity contribution >= 4 is 11.7 Å². The first kappa shape index (κ1) is 10.3. The summed E-state index contributed by atoms with van der Waals surface area (Å²) in [6, 6.07) is 10.3. The minimum atomic E-state index is 0.0284. The molecule has 2 aliphatic rings. The monoisotopic (exact) mass is 225 g/mol. The summed E-state index contributed by atoms with van der Waals surface area (Å²) in [5, 5.41) is 3.31. The molecule has 1 aromatic carbocycles. The van der Waals surface area contributed by atoms with Crippen LogP contribution >= 0.6 is 0 Å². The van der Waals surface area contributed by atoms with Gasteiger partial charge in [0, 0.05) is 17.2 Å². The van der Waals surface area contributed by atoms with E-state index in [1.807, 2.05) is 24.4 Å². The third-order valence-corrected chi connectivity index (χ3v) is 3.23. The van der Waals surface area contributed by atoms with Gasteiger partial charge in [0.25, 0.3) is 0 Å². The van der Waals surface area contributed by atoms with Crippen LogP contribution in [0.4, 0.5) is 0 Å². The topological polar surface area (TPSA) is 36.8 Å². The van der Waals surface area contributed by atoms with Crippen molar-refractivity contribution in [3.8, 4) is 0 Å². The number of rotatable bonds is 1. The van der Waals surface area contributed by atoms with Crippen molar-refractivity contribution in [2.75, 3.05) is 0 Å². The van der Waals surface area contributed by atoms with Crippen LogP contribution in [-0.4, -0.2) is 17.7 Å². The van der Waals surface area contributed by atoms with Crippen LogP contribution in [0.1, 0.15) is 19.4 Å². The lowest BCUT2D eigenvalue weighted by Crippen LogP contribution is -2.38. The molecule has 1 unspecified atom stereocenters. The maximum Gasteiger partial charge on any atom is 0.134 e. The number of amidine groups is 2. The SMILES string of the molecule is CC1(C)C=CN=C2NC(c3ccccc3)=NC21. The van der Waals surface area contributed by atoms with E-state index in [1.54, 1.807) is 0 Å². The van der Waals surface area contributed by atoms with Crippen molar-refractivity contribution in [1.29, 1.82) is 0 Å². The summed E-state index contributed by atoms with van der Waals surface area (Å²) in [7, 11) is 0. The second-order valence-electron chi connectivity index (χ2n) is 5.02. The van der Waals surface area contributed by atoms with Crippen molar-refractivity contribution in [3.05, 3.63) is 48.2 Å². The summed E-state index contributed by atoms with van der Waals surface area (Å²) in [4.78, 5) is 9.13. The molecule has 0 saturated heterocycles. The Labute approximate surface area is 101 Å². The molecule has 0 aliphatic carbocycles. The van der Waals surface area contributed by atoms with Crippen molar-refractivity contribution in [3.63, 3.8) is 0 Å². The van der Waals surface area contributed by atoms with Crippen LogP contribution in [0, 0.1) is 5.41 Å². The zero-order valence-corrected chi connectivity index (χ0v) is 10.0. The van der Waals surface area contributed by atoms with Crippen molar-refractivity contribution in [2.24, 2.45) is 15.4 Å². The van der Waals surface area contributed by atoms with Gasteiger partial charge in [0.05, 0.1) is 0 Å². The Bertz CT molecular complexity index is 524. The molecule has 1 N–H and O–H groups in total. The quantitative estimate of drug-likeness (QED) is 0.782. The van der Waals surface area contributed by atoms with Crippen molar-refractivity contribution in [1.82, 2.24) is 5.32 Å². The van der Waals surface area contributed by atoms with Crippen molar-refractivity contribution in [2.45, 2.75) is 19.9 Å². The lowest BCUT2D eigenvalue weighted by molar-refractivity contribution is 0.441. The van der Waals surface area contributed by atoms with Crippen molar-refractivity contribution < 1.29 is 0 Å². The normalized spacial score (nSPS) is 24.7. The number of hydrogen-bond donors (Lipinski definition) is 1. The molecule has 0 spiro atoms. The molecule has 2 aliphatic heterocycles. The van der Waals surface area contributed by atoms with E-state index in [9.17, 15) is 0 Å². The molecule has 1 aromatic rings. The van der Waals surface area contributed by atoms with Gasteiger partial charge in [0.1, 0.15) is 17.7 Å². The number of aliphatic imine (C=N–C) groups is 2. The van der Waals surface area contributed by atoms with Crippen LogP contribution in [0.15, 0.2) is 52.6 Å². The van der Waals surface area contributed by atoms with Gasteiger partial charge in [0.2, 0.25) is 0 Å². The van der Waals surface area contributed by atoms with Gasteiger partial charge >= 0.3 is 0 Å². The molecule has 0 fully saturated rings. The molecule has 3 nitrogen and oxygen atoms in total. The smallest absolute Gasteiger partial charge is 0.134 e. The number of benzene rings is 1. The maximum absolute atomic E-state index is 4.76. The lowest BCUT2D eigenvalue weighted by Gasteiger charge is -2.27. The molecular formula is C14H15N3. The minimum Gasteiger partial charge on any atom is -0.326 e. The zero-order chi connectivity index (χ0) is 11.9. The highest BCUT2D eigenvalue weighted by Gasteiger charge is 2.37. The van der Waals surface area contributed by atoms with E-state index in [0.29, 0.717) is 0 Å². The molecule has 3 heteroatoms. The zero-order valence-electron chi connectivity index (χ0n) is 10.0. The first-order valence-corrected chi connectivity index (χ1v) is 5.82. The number of hydrogen-bond acceptors (Lipinski definition) is 3. The van der Waals surface area contributed by atoms with Crippen LogP contribution in [0.2, 0.25) is 0 Å². The second kappa shape index (κ2) is 3.55. The van der Waals surface area contributed by atoms with Crippen LogP contribution in [0.3, 0.4) is 0 Å². The summed E-state index contributed by atoms with van der Waals surface area (Å²) in [6.07, 6.45) is 3.97. The standard InChI is InChI=1S/C14H15N3/c1-14(2)8-9-15-13-11(14)16-12(17-13)10-6-4-3-5-7-10/h3-9,11H,1-2H3,(H,15,16,17). The average Bonchev–Trinajstić information content (AvgIpc) is 2.75. The predicted octanol–water partition coefficient (Wildman–Crippen LogP) is 2.36. The van der Waals surface area contributed by atoms with Gasteiger partial charge in [0.15, 0.2) is 0 Å². The third kappa shape index (κ3) is 1.68. The molecule has 0 bridgehead atoms. The predicted molar refractivity (Wildman–Crippen MR) is 70.3 cm³/mol. The van der Waals surface area contributed by atoms with Crippen LogP contribution in [-0.2, 0) is 0 Å². The molecule has 17 heavy (non-hydrogen) atoms.